The number of ether oxygens (including phenoxy) is 4. The lowest BCUT2D eigenvalue weighted by Gasteiger charge is -2.12. The zero-order valence-electron chi connectivity index (χ0n) is 14.0. The second-order valence-electron chi connectivity index (χ2n) is 6.10. The average molecular weight is 349 g/mol. The highest BCUT2D eigenvalue weighted by molar-refractivity contribution is 6.05. The highest BCUT2D eigenvalue weighted by atomic mass is 16.7. The van der Waals surface area contributed by atoms with Crippen molar-refractivity contribution in [2.75, 3.05) is 20.6 Å². The molecule has 3 aromatic carbocycles. The van der Waals surface area contributed by atoms with Crippen LogP contribution in [0.1, 0.15) is 10.4 Å². The Labute approximate surface area is 149 Å². The molecule has 0 saturated carbocycles. The zero-order chi connectivity index (χ0) is 17.7. The smallest absolute Gasteiger partial charge is 0.251 e. The van der Waals surface area contributed by atoms with Gasteiger partial charge in [0, 0.05) is 12.6 Å². The molecule has 0 bridgehead atoms. The van der Waals surface area contributed by atoms with Crippen molar-refractivity contribution in [2.45, 2.75) is 0 Å². The van der Waals surface area contributed by atoms with E-state index in [4.69, 9.17) is 18.9 Å². The van der Waals surface area contributed by atoms with Gasteiger partial charge in [0.25, 0.3) is 5.91 Å². The molecule has 0 aromatic heterocycles. The molecule has 2 aliphatic heterocycles. The summed E-state index contributed by atoms with van der Waals surface area (Å²) in [7, 11) is 1.62. The first-order chi connectivity index (χ1) is 12.7. The first-order valence-corrected chi connectivity index (χ1v) is 8.22. The molecule has 6 heteroatoms. The predicted molar refractivity (Wildman–Crippen MR) is 95.0 cm³/mol. The Balaban J connectivity index is 1.77. The lowest BCUT2D eigenvalue weighted by atomic mass is 9.94. The summed E-state index contributed by atoms with van der Waals surface area (Å²) in [5, 5.41) is 4.56. The average Bonchev–Trinajstić information content (AvgIpc) is 3.32. The van der Waals surface area contributed by atoms with Crippen LogP contribution in [0.15, 0.2) is 42.5 Å². The molecule has 3 aromatic rings. The standard InChI is InChI=1S/C20H15NO5/c1-21-20(22)13-4-12-7-18-19(26-10-25-18)8-15(12)14(5-13)11-2-3-16-17(6-11)24-9-23-16/h2-8H,9-10H2,1H3,(H,21,22). The normalized spacial score (nSPS) is 13.9. The summed E-state index contributed by atoms with van der Waals surface area (Å²) in [5.41, 5.74) is 2.42. The van der Waals surface area contributed by atoms with E-state index in [1.54, 1.807) is 7.05 Å². The summed E-state index contributed by atoms with van der Waals surface area (Å²) in [6.07, 6.45) is 0. The van der Waals surface area contributed by atoms with Gasteiger partial charge >= 0.3 is 0 Å². The Morgan fingerprint density at radius 1 is 0.846 bits per heavy atom. The van der Waals surface area contributed by atoms with E-state index in [9.17, 15) is 4.79 Å². The van der Waals surface area contributed by atoms with Gasteiger partial charge in [-0.3, -0.25) is 4.79 Å². The number of amides is 1. The molecule has 0 aliphatic carbocycles. The number of hydrogen-bond acceptors (Lipinski definition) is 5. The van der Waals surface area contributed by atoms with Crippen molar-refractivity contribution < 1.29 is 23.7 Å². The highest BCUT2D eigenvalue weighted by Crippen LogP contribution is 2.42. The minimum atomic E-state index is -0.147. The third-order valence-electron chi connectivity index (χ3n) is 4.62. The van der Waals surface area contributed by atoms with Crippen LogP contribution in [-0.4, -0.2) is 26.5 Å². The molecular formula is C20H15NO5. The number of carbonyl (C=O) groups excluding carboxylic acids is 1. The maximum Gasteiger partial charge on any atom is 0.251 e. The van der Waals surface area contributed by atoms with E-state index in [2.05, 4.69) is 5.32 Å². The molecule has 1 N–H and O–H groups in total. The van der Waals surface area contributed by atoms with Crippen molar-refractivity contribution in [1.82, 2.24) is 5.32 Å². The Morgan fingerprint density at radius 2 is 1.54 bits per heavy atom. The molecule has 0 saturated heterocycles. The molecule has 0 radical (unpaired) electrons. The van der Waals surface area contributed by atoms with Gasteiger partial charge in [0.15, 0.2) is 23.0 Å². The van der Waals surface area contributed by atoms with Gasteiger partial charge in [-0.1, -0.05) is 6.07 Å². The lowest BCUT2D eigenvalue weighted by molar-refractivity contribution is 0.0963. The SMILES string of the molecule is CNC(=O)c1cc(-c2ccc3c(c2)OCO3)c2cc3c(cc2c1)OCO3. The largest absolute Gasteiger partial charge is 0.454 e. The van der Waals surface area contributed by atoms with Crippen LogP contribution in [0.25, 0.3) is 21.9 Å². The Kier molecular flexibility index (Phi) is 3.18. The number of nitrogens with one attached hydrogen (secondary N) is 1. The summed E-state index contributed by atoms with van der Waals surface area (Å²) in [6, 6.07) is 13.3. The third kappa shape index (κ3) is 2.23. The van der Waals surface area contributed by atoms with Gasteiger partial charge in [-0.05, 0) is 58.3 Å². The molecule has 2 heterocycles. The molecule has 0 spiro atoms. The topological polar surface area (TPSA) is 66.0 Å². The van der Waals surface area contributed by atoms with Gasteiger partial charge in [-0.15, -0.1) is 0 Å². The van der Waals surface area contributed by atoms with Crippen LogP contribution < -0.4 is 24.3 Å². The fourth-order valence-corrected chi connectivity index (χ4v) is 3.33. The van der Waals surface area contributed by atoms with Crippen molar-refractivity contribution in [3.63, 3.8) is 0 Å². The minimum absolute atomic E-state index is 0.147. The molecule has 130 valence electrons. The molecule has 0 fully saturated rings. The maximum atomic E-state index is 12.2. The minimum Gasteiger partial charge on any atom is -0.454 e. The van der Waals surface area contributed by atoms with E-state index < -0.39 is 0 Å². The molecule has 5 rings (SSSR count). The van der Waals surface area contributed by atoms with Gasteiger partial charge in [0.2, 0.25) is 13.6 Å². The Morgan fingerprint density at radius 3 is 2.31 bits per heavy atom. The predicted octanol–water partition coefficient (Wildman–Crippen LogP) is 3.32. The van der Waals surface area contributed by atoms with Gasteiger partial charge < -0.3 is 24.3 Å². The zero-order valence-corrected chi connectivity index (χ0v) is 14.0. The first kappa shape index (κ1) is 14.9. The molecule has 2 aliphatic rings. The maximum absolute atomic E-state index is 12.2. The van der Waals surface area contributed by atoms with Crippen LogP contribution in [-0.2, 0) is 0 Å². The summed E-state index contributed by atoms with van der Waals surface area (Å²) < 4.78 is 21.9. The van der Waals surface area contributed by atoms with Gasteiger partial charge in [0.1, 0.15) is 0 Å². The third-order valence-corrected chi connectivity index (χ3v) is 4.62. The number of benzene rings is 3. The molecule has 6 nitrogen and oxygen atoms in total. The summed E-state index contributed by atoms with van der Waals surface area (Å²) >= 11 is 0. The molecule has 26 heavy (non-hydrogen) atoms. The first-order valence-electron chi connectivity index (χ1n) is 8.22. The molecule has 1 amide bonds. The van der Waals surface area contributed by atoms with E-state index in [-0.39, 0.29) is 19.5 Å². The second-order valence-corrected chi connectivity index (χ2v) is 6.10. The van der Waals surface area contributed by atoms with Gasteiger partial charge in [0.05, 0.1) is 0 Å². The van der Waals surface area contributed by atoms with Crippen molar-refractivity contribution in [3.05, 3.63) is 48.0 Å². The summed E-state index contributed by atoms with van der Waals surface area (Å²) in [6.45, 7) is 0.420. The van der Waals surface area contributed by atoms with Crippen LogP contribution in [0.4, 0.5) is 0 Å². The van der Waals surface area contributed by atoms with Crippen LogP contribution in [0.5, 0.6) is 23.0 Å². The number of rotatable bonds is 2. The van der Waals surface area contributed by atoms with E-state index >= 15 is 0 Å². The summed E-state index contributed by atoms with van der Waals surface area (Å²) in [4.78, 5) is 12.2. The van der Waals surface area contributed by atoms with Crippen molar-refractivity contribution >= 4 is 16.7 Å². The van der Waals surface area contributed by atoms with E-state index in [0.29, 0.717) is 22.8 Å². The van der Waals surface area contributed by atoms with Gasteiger partial charge in [-0.2, -0.15) is 0 Å². The van der Waals surface area contributed by atoms with Crippen molar-refractivity contribution in [3.8, 4) is 34.1 Å². The highest BCUT2D eigenvalue weighted by Gasteiger charge is 2.20. The van der Waals surface area contributed by atoms with E-state index in [1.807, 2.05) is 42.5 Å². The summed E-state index contributed by atoms with van der Waals surface area (Å²) in [5.74, 6) is 2.65. The van der Waals surface area contributed by atoms with E-state index in [1.165, 1.54) is 0 Å². The fraction of sp³-hybridized carbons (Fsp3) is 0.150. The van der Waals surface area contributed by atoms with Crippen LogP contribution in [0.3, 0.4) is 0 Å². The quantitative estimate of drug-likeness (QED) is 0.769. The number of fused-ring (bicyclic) bond motifs is 3. The van der Waals surface area contributed by atoms with Crippen LogP contribution >= 0.6 is 0 Å². The fourth-order valence-electron chi connectivity index (χ4n) is 3.33. The molecular weight excluding hydrogens is 334 g/mol. The Bertz CT molecular complexity index is 1060. The number of hydrogen-bond donors (Lipinski definition) is 1. The van der Waals surface area contributed by atoms with Crippen molar-refractivity contribution in [2.24, 2.45) is 0 Å². The molecule has 0 atom stereocenters. The van der Waals surface area contributed by atoms with Crippen LogP contribution in [0, 0.1) is 0 Å². The van der Waals surface area contributed by atoms with Gasteiger partial charge in [-0.25, -0.2) is 0 Å². The Hall–Kier alpha value is -3.41. The monoisotopic (exact) mass is 349 g/mol. The van der Waals surface area contributed by atoms with Crippen molar-refractivity contribution in [1.29, 1.82) is 0 Å². The molecule has 0 unspecified atom stereocenters. The second kappa shape index (κ2) is 5.56. The van der Waals surface area contributed by atoms with E-state index in [0.717, 1.165) is 27.6 Å². The number of carbonyl (C=O) groups is 1. The lowest BCUT2D eigenvalue weighted by Crippen LogP contribution is -2.17. The van der Waals surface area contributed by atoms with Crippen LogP contribution in [0.2, 0.25) is 0 Å².